The summed E-state index contributed by atoms with van der Waals surface area (Å²) >= 11 is 0. The van der Waals surface area contributed by atoms with Gasteiger partial charge in [0.15, 0.2) is 0 Å². The van der Waals surface area contributed by atoms with E-state index in [0.717, 1.165) is 18.6 Å². The third-order valence-electron chi connectivity index (χ3n) is 3.09. The van der Waals surface area contributed by atoms with Crippen LogP contribution < -0.4 is 0 Å². The SMILES string of the molecule is CCCC1(CC=O)CC1CC. The number of hydrogen-bond donors (Lipinski definition) is 0. The Morgan fingerprint density at radius 1 is 1.55 bits per heavy atom. The standard InChI is InChI=1S/C10H18O/c1-3-5-10(6-7-11)8-9(10)4-2/h7,9H,3-6,8H2,1-2H3. The maximum atomic E-state index is 10.4. The van der Waals surface area contributed by atoms with Gasteiger partial charge in [-0.1, -0.05) is 26.7 Å². The second-order valence-corrected chi connectivity index (χ2v) is 3.79. The second kappa shape index (κ2) is 3.38. The van der Waals surface area contributed by atoms with Gasteiger partial charge in [0, 0.05) is 6.42 Å². The van der Waals surface area contributed by atoms with Crippen molar-refractivity contribution >= 4 is 6.29 Å². The Kier molecular flexibility index (Phi) is 2.69. The van der Waals surface area contributed by atoms with Crippen molar-refractivity contribution in [3.63, 3.8) is 0 Å². The highest BCUT2D eigenvalue weighted by Gasteiger charge is 2.50. The van der Waals surface area contributed by atoms with E-state index in [-0.39, 0.29) is 0 Å². The number of carbonyl (C=O) groups excluding carboxylic acids is 1. The average molecular weight is 154 g/mol. The number of hydrogen-bond acceptors (Lipinski definition) is 1. The molecule has 2 unspecified atom stereocenters. The van der Waals surface area contributed by atoms with Gasteiger partial charge in [0.25, 0.3) is 0 Å². The Morgan fingerprint density at radius 2 is 2.27 bits per heavy atom. The summed E-state index contributed by atoms with van der Waals surface area (Å²) in [4.78, 5) is 10.4. The smallest absolute Gasteiger partial charge is 0.120 e. The molecule has 0 saturated heterocycles. The summed E-state index contributed by atoms with van der Waals surface area (Å²) in [5.74, 6) is 0.854. The molecule has 0 spiro atoms. The Hall–Kier alpha value is -0.330. The fourth-order valence-corrected chi connectivity index (χ4v) is 2.33. The monoisotopic (exact) mass is 154 g/mol. The van der Waals surface area contributed by atoms with Crippen LogP contribution in [0.3, 0.4) is 0 Å². The van der Waals surface area contributed by atoms with Crippen LogP contribution in [0, 0.1) is 11.3 Å². The highest BCUT2D eigenvalue weighted by molar-refractivity contribution is 5.52. The zero-order valence-corrected chi connectivity index (χ0v) is 7.60. The van der Waals surface area contributed by atoms with Crippen molar-refractivity contribution in [1.82, 2.24) is 0 Å². The number of rotatable bonds is 5. The minimum Gasteiger partial charge on any atom is -0.303 e. The summed E-state index contributed by atoms with van der Waals surface area (Å²) in [7, 11) is 0. The van der Waals surface area contributed by atoms with Gasteiger partial charge in [0.1, 0.15) is 6.29 Å². The van der Waals surface area contributed by atoms with E-state index in [1.165, 1.54) is 25.7 Å². The van der Waals surface area contributed by atoms with Crippen molar-refractivity contribution in [1.29, 1.82) is 0 Å². The molecule has 0 aromatic carbocycles. The lowest BCUT2D eigenvalue weighted by Gasteiger charge is -2.11. The van der Waals surface area contributed by atoms with E-state index in [4.69, 9.17) is 0 Å². The van der Waals surface area contributed by atoms with E-state index in [1.807, 2.05) is 0 Å². The summed E-state index contributed by atoms with van der Waals surface area (Å²) in [6, 6.07) is 0. The van der Waals surface area contributed by atoms with E-state index >= 15 is 0 Å². The van der Waals surface area contributed by atoms with Crippen LogP contribution in [-0.2, 0) is 4.79 Å². The Balaban J connectivity index is 2.40. The molecule has 11 heavy (non-hydrogen) atoms. The van der Waals surface area contributed by atoms with Crippen LogP contribution in [0.4, 0.5) is 0 Å². The summed E-state index contributed by atoms with van der Waals surface area (Å²) in [6.45, 7) is 4.43. The molecule has 2 atom stereocenters. The van der Waals surface area contributed by atoms with E-state index < -0.39 is 0 Å². The lowest BCUT2D eigenvalue weighted by molar-refractivity contribution is -0.109. The number of carbonyl (C=O) groups is 1. The van der Waals surface area contributed by atoms with Crippen molar-refractivity contribution in [3.8, 4) is 0 Å². The first kappa shape index (κ1) is 8.76. The summed E-state index contributed by atoms with van der Waals surface area (Å²) in [5.41, 5.74) is 0.450. The Morgan fingerprint density at radius 3 is 2.64 bits per heavy atom. The Bertz CT molecular complexity index is 142. The molecule has 0 radical (unpaired) electrons. The normalized spacial score (nSPS) is 35.3. The van der Waals surface area contributed by atoms with Crippen LogP contribution in [0.2, 0.25) is 0 Å². The molecule has 0 aromatic rings. The molecule has 1 nitrogen and oxygen atoms in total. The van der Waals surface area contributed by atoms with Gasteiger partial charge in [0.2, 0.25) is 0 Å². The highest BCUT2D eigenvalue weighted by Crippen LogP contribution is 2.59. The predicted octanol–water partition coefficient (Wildman–Crippen LogP) is 2.79. The minimum absolute atomic E-state index is 0.450. The van der Waals surface area contributed by atoms with Crippen molar-refractivity contribution in [2.75, 3.05) is 0 Å². The lowest BCUT2D eigenvalue weighted by atomic mass is 9.93. The molecule has 0 N–H and O–H groups in total. The molecular formula is C10H18O. The summed E-state index contributed by atoms with van der Waals surface area (Å²) < 4.78 is 0. The molecule has 0 amide bonds. The molecule has 0 heterocycles. The van der Waals surface area contributed by atoms with Crippen molar-refractivity contribution in [3.05, 3.63) is 0 Å². The van der Waals surface area contributed by atoms with Crippen LogP contribution in [-0.4, -0.2) is 6.29 Å². The van der Waals surface area contributed by atoms with Gasteiger partial charge >= 0.3 is 0 Å². The third-order valence-corrected chi connectivity index (χ3v) is 3.09. The lowest BCUT2D eigenvalue weighted by Crippen LogP contribution is -2.04. The first-order chi connectivity index (χ1) is 5.29. The van der Waals surface area contributed by atoms with E-state index in [2.05, 4.69) is 13.8 Å². The number of aldehydes is 1. The maximum Gasteiger partial charge on any atom is 0.120 e. The first-order valence-corrected chi connectivity index (χ1v) is 4.72. The molecule has 0 aromatic heterocycles. The molecule has 1 aliphatic rings. The summed E-state index contributed by atoms with van der Waals surface area (Å²) in [6.07, 6.45) is 6.95. The van der Waals surface area contributed by atoms with Crippen LogP contribution in [0.1, 0.15) is 46.0 Å². The molecule has 64 valence electrons. The molecule has 1 fully saturated rings. The molecular weight excluding hydrogens is 136 g/mol. The topological polar surface area (TPSA) is 17.1 Å². The van der Waals surface area contributed by atoms with Crippen molar-refractivity contribution in [2.24, 2.45) is 11.3 Å². The molecule has 1 heteroatoms. The zero-order chi connectivity index (χ0) is 8.32. The van der Waals surface area contributed by atoms with Gasteiger partial charge in [-0.3, -0.25) is 0 Å². The third kappa shape index (κ3) is 1.63. The van der Waals surface area contributed by atoms with E-state index in [0.29, 0.717) is 5.41 Å². The molecule has 1 aliphatic carbocycles. The molecule has 0 bridgehead atoms. The minimum atomic E-state index is 0.450. The predicted molar refractivity (Wildman–Crippen MR) is 46.4 cm³/mol. The molecule has 0 aliphatic heterocycles. The fourth-order valence-electron chi connectivity index (χ4n) is 2.33. The summed E-state index contributed by atoms with van der Waals surface area (Å²) in [5, 5.41) is 0. The molecule has 1 saturated carbocycles. The van der Waals surface area contributed by atoms with E-state index in [9.17, 15) is 4.79 Å². The maximum absolute atomic E-state index is 10.4. The first-order valence-electron chi connectivity index (χ1n) is 4.72. The zero-order valence-electron chi connectivity index (χ0n) is 7.60. The fraction of sp³-hybridized carbons (Fsp3) is 0.900. The van der Waals surface area contributed by atoms with Crippen LogP contribution in [0.15, 0.2) is 0 Å². The van der Waals surface area contributed by atoms with Crippen LogP contribution in [0.25, 0.3) is 0 Å². The van der Waals surface area contributed by atoms with Crippen molar-refractivity contribution < 1.29 is 4.79 Å². The van der Waals surface area contributed by atoms with Gasteiger partial charge in [-0.05, 0) is 24.2 Å². The van der Waals surface area contributed by atoms with Gasteiger partial charge in [-0.2, -0.15) is 0 Å². The van der Waals surface area contributed by atoms with Gasteiger partial charge in [-0.25, -0.2) is 0 Å². The average Bonchev–Trinajstić information content (AvgIpc) is 2.65. The second-order valence-electron chi connectivity index (χ2n) is 3.79. The van der Waals surface area contributed by atoms with Crippen LogP contribution >= 0.6 is 0 Å². The van der Waals surface area contributed by atoms with Gasteiger partial charge in [0.05, 0.1) is 0 Å². The Labute approximate surface area is 69.2 Å². The molecule has 1 rings (SSSR count). The van der Waals surface area contributed by atoms with Gasteiger partial charge in [-0.15, -0.1) is 0 Å². The van der Waals surface area contributed by atoms with Crippen LogP contribution in [0.5, 0.6) is 0 Å². The quantitative estimate of drug-likeness (QED) is 0.556. The van der Waals surface area contributed by atoms with Gasteiger partial charge < -0.3 is 4.79 Å². The van der Waals surface area contributed by atoms with E-state index in [1.54, 1.807) is 0 Å². The highest BCUT2D eigenvalue weighted by atomic mass is 16.1. The largest absolute Gasteiger partial charge is 0.303 e. The van der Waals surface area contributed by atoms with Crippen molar-refractivity contribution in [2.45, 2.75) is 46.0 Å².